The lowest BCUT2D eigenvalue weighted by atomic mass is 9.96. The maximum absolute atomic E-state index is 13.3. The topological polar surface area (TPSA) is 125 Å². The minimum atomic E-state index is -1.05. The Hall–Kier alpha value is -2.46. The normalized spacial score (nSPS) is 17.4. The number of ketones is 1. The molecule has 1 heterocycles. The molecule has 9 heteroatoms. The second-order valence-corrected chi connectivity index (χ2v) is 9.92. The molecule has 5 N–H and O–H groups in total. The van der Waals surface area contributed by atoms with Gasteiger partial charge in [-0.3, -0.25) is 14.5 Å². The van der Waals surface area contributed by atoms with Crippen molar-refractivity contribution < 1.29 is 19.5 Å². The molecule has 1 aliphatic heterocycles. The summed E-state index contributed by atoms with van der Waals surface area (Å²) in [6.45, 7) is 1.37. The first-order valence-electron chi connectivity index (χ1n) is 12.1. The minimum absolute atomic E-state index is 0.00268. The number of thioether (sulfide) groups is 1. The van der Waals surface area contributed by atoms with Gasteiger partial charge >= 0.3 is 5.97 Å². The first-order chi connectivity index (χ1) is 16.9. The van der Waals surface area contributed by atoms with E-state index < -0.39 is 24.0 Å². The second-order valence-electron chi connectivity index (χ2n) is 8.94. The van der Waals surface area contributed by atoms with E-state index in [1.165, 1.54) is 11.8 Å². The summed E-state index contributed by atoms with van der Waals surface area (Å²) >= 11 is 1.53. The number of Topliss-reactive ketones (excluding diaryl/α,β-unsaturated/α-hetero) is 1. The summed E-state index contributed by atoms with van der Waals surface area (Å²) in [7, 11) is 0. The number of fused-ring (bicyclic) bond motifs is 1. The fourth-order valence-electron chi connectivity index (χ4n) is 4.77. The molecule has 3 rings (SSSR count). The van der Waals surface area contributed by atoms with Gasteiger partial charge in [-0.1, -0.05) is 42.5 Å². The van der Waals surface area contributed by atoms with E-state index in [1.807, 2.05) is 53.6 Å². The van der Waals surface area contributed by atoms with E-state index >= 15 is 0 Å². The van der Waals surface area contributed by atoms with Gasteiger partial charge in [0, 0.05) is 19.0 Å². The maximum atomic E-state index is 13.3. The molecule has 0 radical (unpaired) electrons. The number of aliphatic carboxylic acids is 1. The molecule has 0 saturated carbocycles. The Bertz CT molecular complexity index is 1010. The van der Waals surface area contributed by atoms with Crippen molar-refractivity contribution in [3.8, 4) is 0 Å². The van der Waals surface area contributed by atoms with Crippen molar-refractivity contribution in [1.82, 2.24) is 15.5 Å². The number of hydrogen-bond acceptors (Lipinski definition) is 7. The fraction of sp³-hybridized carbons (Fsp3) is 0.500. The number of carboxylic acid groups (broad SMARTS) is 1. The van der Waals surface area contributed by atoms with Gasteiger partial charge in [-0.15, -0.1) is 0 Å². The van der Waals surface area contributed by atoms with Gasteiger partial charge in [-0.2, -0.15) is 11.8 Å². The third-order valence-corrected chi connectivity index (χ3v) is 7.08. The molecule has 2 aromatic rings. The minimum Gasteiger partial charge on any atom is -0.480 e. The van der Waals surface area contributed by atoms with Crippen LogP contribution in [0.25, 0.3) is 10.8 Å². The Balaban J connectivity index is 1.91. The summed E-state index contributed by atoms with van der Waals surface area (Å²) in [6.07, 6.45) is 4.25. The van der Waals surface area contributed by atoms with E-state index in [4.69, 9.17) is 5.73 Å². The highest BCUT2D eigenvalue weighted by Crippen LogP contribution is 2.24. The molecule has 35 heavy (non-hydrogen) atoms. The van der Waals surface area contributed by atoms with E-state index in [1.54, 1.807) is 0 Å². The number of nitrogens with two attached hydrogens (primary N) is 1. The first kappa shape index (κ1) is 27.1. The van der Waals surface area contributed by atoms with Gasteiger partial charge < -0.3 is 21.5 Å². The molecule has 0 aromatic heterocycles. The third kappa shape index (κ3) is 7.51. The number of amides is 1. The molecular weight excluding hydrogens is 464 g/mol. The highest BCUT2D eigenvalue weighted by molar-refractivity contribution is 7.98. The molecule has 1 saturated heterocycles. The van der Waals surface area contributed by atoms with Crippen LogP contribution in [0.2, 0.25) is 0 Å². The standard InChI is InChI=1S/C26H36N4O4S/c1-35-15-12-22(26(33)34)29-24(32)17-30(25(23(31)11-13-27)21-10-5-14-28-21)16-19-8-4-7-18-6-2-3-9-20(18)19/h2-4,6-9,21-22,25,28H,5,10-17,27H2,1H3,(H,29,32)(H,33,34)/t21-,22-,25?/m0/s1. The SMILES string of the molecule is CSCC[C@H](NC(=O)CN(Cc1cccc2ccccc12)C(C(=O)CCN)[C@@H]1CCCN1)C(=O)O. The fourth-order valence-corrected chi connectivity index (χ4v) is 5.24. The summed E-state index contributed by atoms with van der Waals surface area (Å²) in [5, 5.41) is 17.8. The third-order valence-electron chi connectivity index (χ3n) is 6.44. The Labute approximate surface area is 211 Å². The highest BCUT2D eigenvalue weighted by Gasteiger charge is 2.36. The van der Waals surface area contributed by atoms with E-state index in [0.29, 0.717) is 18.7 Å². The van der Waals surface area contributed by atoms with Crippen LogP contribution in [0.5, 0.6) is 0 Å². The molecule has 0 aliphatic carbocycles. The first-order valence-corrected chi connectivity index (χ1v) is 13.5. The predicted molar refractivity (Wildman–Crippen MR) is 140 cm³/mol. The number of rotatable bonds is 14. The number of carboxylic acids is 1. The van der Waals surface area contributed by atoms with Gasteiger partial charge in [0.25, 0.3) is 0 Å². The lowest BCUT2D eigenvalue weighted by Crippen LogP contribution is -2.55. The van der Waals surface area contributed by atoms with Gasteiger partial charge in [0.05, 0.1) is 12.6 Å². The van der Waals surface area contributed by atoms with E-state index in [0.717, 1.165) is 35.7 Å². The molecule has 1 fully saturated rings. The molecule has 3 atom stereocenters. The average molecular weight is 501 g/mol. The van der Waals surface area contributed by atoms with Crippen LogP contribution >= 0.6 is 11.8 Å². The zero-order valence-corrected chi connectivity index (χ0v) is 21.1. The number of carbonyl (C=O) groups excluding carboxylic acids is 2. The summed E-state index contributed by atoms with van der Waals surface area (Å²) in [5.41, 5.74) is 6.74. The quantitative estimate of drug-likeness (QED) is 0.310. The van der Waals surface area contributed by atoms with Crippen molar-refractivity contribution in [2.75, 3.05) is 31.6 Å². The lowest BCUT2D eigenvalue weighted by Gasteiger charge is -2.35. The smallest absolute Gasteiger partial charge is 0.326 e. The number of nitrogens with one attached hydrogen (secondary N) is 2. The molecule has 1 amide bonds. The molecule has 8 nitrogen and oxygen atoms in total. The van der Waals surface area contributed by atoms with Crippen molar-refractivity contribution in [2.24, 2.45) is 5.73 Å². The van der Waals surface area contributed by atoms with Crippen molar-refractivity contribution in [3.05, 3.63) is 48.0 Å². The van der Waals surface area contributed by atoms with Crippen LogP contribution in [0.4, 0.5) is 0 Å². The molecule has 2 aromatic carbocycles. The van der Waals surface area contributed by atoms with Gasteiger partial charge in [0.15, 0.2) is 5.78 Å². The Morgan fingerprint density at radius 2 is 2.00 bits per heavy atom. The monoisotopic (exact) mass is 500 g/mol. The van der Waals surface area contributed by atoms with E-state index in [-0.39, 0.29) is 31.3 Å². The lowest BCUT2D eigenvalue weighted by molar-refractivity contribution is -0.142. The van der Waals surface area contributed by atoms with Crippen LogP contribution in [0, 0.1) is 0 Å². The van der Waals surface area contributed by atoms with Crippen molar-refractivity contribution in [2.45, 2.75) is 50.4 Å². The van der Waals surface area contributed by atoms with E-state index in [9.17, 15) is 19.5 Å². The van der Waals surface area contributed by atoms with E-state index in [2.05, 4.69) is 10.6 Å². The summed E-state index contributed by atoms with van der Waals surface area (Å²) in [6, 6.07) is 12.5. The Morgan fingerprint density at radius 3 is 2.69 bits per heavy atom. The second kappa shape index (κ2) is 13.6. The molecule has 1 unspecified atom stereocenters. The summed E-state index contributed by atoms with van der Waals surface area (Å²) in [4.78, 5) is 40.0. The Morgan fingerprint density at radius 1 is 1.23 bits per heavy atom. The van der Waals surface area contributed by atoms with Crippen molar-refractivity contribution in [1.29, 1.82) is 0 Å². The van der Waals surface area contributed by atoms with Crippen molar-refractivity contribution >= 4 is 40.2 Å². The number of nitrogens with zero attached hydrogens (tertiary/aromatic N) is 1. The van der Waals surface area contributed by atoms with Gasteiger partial charge in [-0.25, -0.2) is 4.79 Å². The number of hydrogen-bond donors (Lipinski definition) is 4. The van der Waals surface area contributed by atoms with Crippen LogP contribution in [-0.2, 0) is 20.9 Å². The molecule has 190 valence electrons. The van der Waals surface area contributed by atoms with Gasteiger partial charge in [0.2, 0.25) is 5.91 Å². The van der Waals surface area contributed by atoms with Crippen LogP contribution in [0.15, 0.2) is 42.5 Å². The molecule has 0 spiro atoms. The maximum Gasteiger partial charge on any atom is 0.326 e. The number of benzene rings is 2. The van der Waals surface area contributed by atoms with Gasteiger partial charge in [0.1, 0.15) is 6.04 Å². The summed E-state index contributed by atoms with van der Waals surface area (Å²) in [5.74, 6) is -0.832. The van der Waals surface area contributed by atoms with Crippen LogP contribution < -0.4 is 16.4 Å². The van der Waals surface area contributed by atoms with Crippen LogP contribution in [-0.4, -0.2) is 77.4 Å². The zero-order chi connectivity index (χ0) is 25.2. The highest BCUT2D eigenvalue weighted by atomic mass is 32.2. The van der Waals surface area contributed by atoms with Crippen LogP contribution in [0.1, 0.15) is 31.2 Å². The predicted octanol–water partition coefficient (Wildman–Crippen LogP) is 2.00. The largest absolute Gasteiger partial charge is 0.480 e. The zero-order valence-electron chi connectivity index (χ0n) is 20.2. The molecule has 0 bridgehead atoms. The Kier molecular flexibility index (Phi) is 10.5. The average Bonchev–Trinajstić information content (AvgIpc) is 3.36. The summed E-state index contributed by atoms with van der Waals surface area (Å²) < 4.78 is 0. The van der Waals surface area contributed by atoms with Crippen LogP contribution in [0.3, 0.4) is 0 Å². The van der Waals surface area contributed by atoms with Gasteiger partial charge in [-0.05, 0) is 60.7 Å². The number of carbonyl (C=O) groups is 3. The molecule has 1 aliphatic rings. The molecular formula is C26H36N4O4S. The van der Waals surface area contributed by atoms with Crippen molar-refractivity contribution in [3.63, 3.8) is 0 Å².